The highest BCUT2D eigenvalue weighted by Crippen LogP contribution is 2.50. The van der Waals surface area contributed by atoms with Gasteiger partial charge in [0.05, 0.1) is 5.54 Å². The highest BCUT2D eigenvalue weighted by atomic mass is 19.1. The van der Waals surface area contributed by atoms with Gasteiger partial charge in [-0.25, -0.2) is 4.39 Å². The summed E-state index contributed by atoms with van der Waals surface area (Å²) in [7, 11) is 0. The Bertz CT molecular complexity index is 409. The predicted molar refractivity (Wildman–Crippen MR) is 44.8 cm³/mol. The molecule has 2 nitrogen and oxygen atoms in total. The van der Waals surface area contributed by atoms with E-state index < -0.39 is 0 Å². The molecule has 1 aromatic rings. The molecule has 0 bridgehead atoms. The quantitative estimate of drug-likeness (QED) is 0.640. The minimum absolute atomic E-state index is 0.0625. The summed E-state index contributed by atoms with van der Waals surface area (Å²) in [6.45, 7) is 0. The molecule has 1 fully saturated rings. The lowest BCUT2D eigenvalue weighted by Crippen LogP contribution is -2.25. The van der Waals surface area contributed by atoms with Gasteiger partial charge in [0.1, 0.15) is 5.82 Å². The molecule has 0 saturated heterocycles. The first-order valence-corrected chi connectivity index (χ1v) is 4.34. The molecule has 1 heterocycles. The van der Waals surface area contributed by atoms with Crippen molar-refractivity contribution in [2.45, 2.75) is 18.4 Å². The van der Waals surface area contributed by atoms with Gasteiger partial charge in [-0.2, -0.15) is 0 Å². The number of rotatable bonds is 0. The van der Waals surface area contributed by atoms with E-state index in [2.05, 4.69) is 5.32 Å². The third-order valence-electron chi connectivity index (χ3n) is 2.84. The first-order valence-electron chi connectivity index (χ1n) is 4.34. The van der Waals surface area contributed by atoms with E-state index in [0.717, 1.165) is 18.4 Å². The number of hydrogen-bond acceptors (Lipinski definition) is 1. The number of nitrogens with one attached hydrogen (secondary N) is 1. The zero-order valence-corrected chi connectivity index (χ0v) is 6.93. The zero-order chi connectivity index (χ0) is 9.05. The number of benzene rings is 1. The fourth-order valence-corrected chi connectivity index (χ4v) is 1.98. The standard InChI is InChI=1S/C10H8FNO/c11-6-1-2-7-8(5-6)10(3-4-10)12-9(7)13/h1-2,5H,3-4H2,(H,12,13). The monoisotopic (exact) mass is 177 g/mol. The fraction of sp³-hybridized carbons (Fsp3) is 0.300. The smallest absolute Gasteiger partial charge is 0.252 e. The minimum Gasteiger partial charge on any atom is -0.342 e. The lowest BCUT2D eigenvalue weighted by molar-refractivity contribution is 0.0952. The molecule has 0 atom stereocenters. The summed E-state index contributed by atoms with van der Waals surface area (Å²) in [5.74, 6) is -0.325. The van der Waals surface area contributed by atoms with Crippen LogP contribution in [0.25, 0.3) is 0 Å². The van der Waals surface area contributed by atoms with Crippen molar-refractivity contribution in [3.8, 4) is 0 Å². The maximum Gasteiger partial charge on any atom is 0.252 e. The van der Waals surface area contributed by atoms with Crippen LogP contribution in [0, 0.1) is 5.82 Å². The van der Waals surface area contributed by atoms with Crippen LogP contribution in [0.5, 0.6) is 0 Å². The topological polar surface area (TPSA) is 29.1 Å². The third kappa shape index (κ3) is 0.789. The Morgan fingerprint density at radius 1 is 1.38 bits per heavy atom. The van der Waals surface area contributed by atoms with Crippen LogP contribution in [0.3, 0.4) is 0 Å². The second-order valence-corrected chi connectivity index (χ2v) is 3.73. The van der Waals surface area contributed by atoms with E-state index >= 15 is 0 Å². The van der Waals surface area contributed by atoms with Gasteiger partial charge in [-0.3, -0.25) is 4.79 Å². The molecule has 0 radical (unpaired) electrons. The minimum atomic E-state index is -0.262. The van der Waals surface area contributed by atoms with E-state index in [0.29, 0.717) is 5.56 Å². The maximum atomic E-state index is 12.9. The van der Waals surface area contributed by atoms with Gasteiger partial charge in [0.2, 0.25) is 0 Å². The van der Waals surface area contributed by atoms with Crippen LogP contribution in [0.2, 0.25) is 0 Å². The third-order valence-corrected chi connectivity index (χ3v) is 2.84. The van der Waals surface area contributed by atoms with Gasteiger partial charge in [-0.15, -0.1) is 0 Å². The Kier molecular flexibility index (Phi) is 1.04. The number of carbonyl (C=O) groups is 1. The second kappa shape index (κ2) is 1.92. The number of fused-ring (bicyclic) bond motifs is 2. The van der Waals surface area contributed by atoms with Crippen molar-refractivity contribution in [1.82, 2.24) is 5.32 Å². The first kappa shape index (κ1) is 7.06. The summed E-state index contributed by atoms with van der Waals surface area (Å²) in [6, 6.07) is 4.37. The van der Waals surface area contributed by atoms with Crippen LogP contribution < -0.4 is 5.32 Å². The van der Waals surface area contributed by atoms with Gasteiger partial charge in [0, 0.05) is 5.56 Å². The highest BCUT2D eigenvalue weighted by Gasteiger charge is 2.52. The molecular weight excluding hydrogens is 169 g/mol. The largest absolute Gasteiger partial charge is 0.342 e. The number of carbonyl (C=O) groups excluding carboxylic acids is 1. The molecule has 1 aliphatic heterocycles. The number of amides is 1. The van der Waals surface area contributed by atoms with Crippen molar-refractivity contribution < 1.29 is 9.18 Å². The molecule has 3 heteroatoms. The Morgan fingerprint density at radius 2 is 2.15 bits per heavy atom. The van der Waals surface area contributed by atoms with Gasteiger partial charge in [-0.1, -0.05) is 0 Å². The van der Waals surface area contributed by atoms with Crippen molar-refractivity contribution in [2.24, 2.45) is 0 Å². The van der Waals surface area contributed by atoms with Crippen molar-refractivity contribution in [3.63, 3.8) is 0 Å². The van der Waals surface area contributed by atoms with Crippen molar-refractivity contribution in [2.75, 3.05) is 0 Å². The van der Waals surface area contributed by atoms with Crippen molar-refractivity contribution in [3.05, 3.63) is 35.1 Å². The van der Waals surface area contributed by atoms with Crippen LogP contribution in [-0.4, -0.2) is 5.91 Å². The van der Waals surface area contributed by atoms with Crippen LogP contribution in [-0.2, 0) is 5.54 Å². The first-order chi connectivity index (χ1) is 6.21. The summed E-state index contributed by atoms with van der Waals surface area (Å²) in [4.78, 5) is 11.4. The Hall–Kier alpha value is -1.38. The number of halogens is 1. The lowest BCUT2D eigenvalue weighted by Gasteiger charge is -2.06. The lowest BCUT2D eigenvalue weighted by atomic mass is 10.0. The fourth-order valence-electron chi connectivity index (χ4n) is 1.98. The normalized spacial score (nSPS) is 21.5. The highest BCUT2D eigenvalue weighted by molar-refractivity contribution is 6.00. The molecule has 1 N–H and O–H groups in total. The summed E-state index contributed by atoms with van der Waals surface area (Å²) in [5, 5.41) is 2.89. The Balaban J connectivity index is 2.26. The van der Waals surface area contributed by atoms with Crippen LogP contribution in [0.4, 0.5) is 4.39 Å². The average molecular weight is 177 g/mol. The van der Waals surface area contributed by atoms with E-state index in [9.17, 15) is 9.18 Å². The van der Waals surface area contributed by atoms with Gasteiger partial charge < -0.3 is 5.32 Å². The van der Waals surface area contributed by atoms with E-state index in [4.69, 9.17) is 0 Å². The van der Waals surface area contributed by atoms with Crippen molar-refractivity contribution >= 4 is 5.91 Å². The van der Waals surface area contributed by atoms with E-state index in [1.54, 1.807) is 6.07 Å². The van der Waals surface area contributed by atoms with E-state index in [-0.39, 0.29) is 17.3 Å². The Labute approximate surface area is 74.8 Å². The molecule has 1 spiro atoms. The van der Waals surface area contributed by atoms with E-state index in [1.165, 1.54) is 12.1 Å². The molecule has 66 valence electrons. The molecule has 2 aliphatic rings. The van der Waals surface area contributed by atoms with Crippen molar-refractivity contribution in [1.29, 1.82) is 0 Å². The average Bonchev–Trinajstić information content (AvgIpc) is 2.79. The molecular formula is C10H8FNO. The van der Waals surface area contributed by atoms with Gasteiger partial charge >= 0.3 is 0 Å². The number of hydrogen-bond donors (Lipinski definition) is 1. The van der Waals surface area contributed by atoms with Crippen LogP contribution >= 0.6 is 0 Å². The van der Waals surface area contributed by atoms with Gasteiger partial charge in [0.15, 0.2) is 0 Å². The molecule has 1 saturated carbocycles. The predicted octanol–water partition coefficient (Wildman–Crippen LogP) is 1.56. The Morgan fingerprint density at radius 3 is 2.85 bits per heavy atom. The molecule has 3 rings (SSSR count). The summed E-state index contributed by atoms with van der Waals surface area (Å²) < 4.78 is 12.9. The molecule has 1 aliphatic carbocycles. The summed E-state index contributed by atoms with van der Waals surface area (Å²) in [5.41, 5.74) is 1.28. The molecule has 0 aromatic heterocycles. The zero-order valence-electron chi connectivity index (χ0n) is 6.93. The van der Waals surface area contributed by atoms with E-state index in [1.807, 2.05) is 0 Å². The molecule has 1 amide bonds. The van der Waals surface area contributed by atoms with Crippen LogP contribution in [0.15, 0.2) is 18.2 Å². The molecule has 0 unspecified atom stereocenters. The van der Waals surface area contributed by atoms with Crippen LogP contribution in [0.1, 0.15) is 28.8 Å². The molecule has 13 heavy (non-hydrogen) atoms. The maximum absolute atomic E-state index is 12.9. The second-order valence-electron chi connectivity index (χ2n) is 3.73. The van der Waals surface area contributed by atoms with Gasteiger partial charge in [-0.05, 0) is 36.6 Å². The summed E-state index contributed by atoms with van der Waals surface area (Å²) in [6.07, 6.45) is 1.88. The summed E-state index contributed by atoms with van der Waals surface area (Å²) >= 11 is 0. The molecule has 1 aromatic carbocycles. The van der Waals surface area contributed by atoms with Gasteiger partial charge in [0.25, 0.3) is 5.91 Å². The SMILES string of the molecule is O=C1NC2(CC2)c2cc(F)ccc21.